The SMILES string of the molecule is Cc1c(-c2cc(C(=O)N3CC(c4ccncc4)C3)no2)cnn1C. The Morgan fingerprint density at radius 1 is 1.29 bits per heavy atom. The van der Waals surface area contributed by atoms with Gasteiger partial charge in [-0.25, -0.2) is 0 Å². The number of aromatic nitrogens is 4. The van der Waals surface area contributed by atoms with Gasteiger partial charge in [0, 0.05) is 50.2 Å². The zero-order valence-corrected chi connectivity index (χ0v) is 13.5. The largest absolute Gasteiger partial charge is 0.355 e. The topological polar surface area (TPSA) is 77.1 Å². The van der Waals surface area contributed by atoms with Gasteiger partial charge in [0.1, 0.15) is 0 Å². The second-order valence-corrected chi connectivity index (χ2v) is 6.03. The number of carbonyl (C=O) groups is 1. The molecule has 1 aliphatic rings. The Balaban J connectivity index is 1.46. The molecule has 0 N–H and O–H groups in total. The highest BCUT2D eigenvalue weighted by Gasteiger charge is 2.33. The Morgan fingerprint density at radius 3 is 2.71 bits per heavy atom. The van der Waals surface area contributed by atoms with Crippen LogP contribution < -0.4 is 0 Å². The number of hydrogen-bond acceptors (Lipinski definition) is 5. The third-order valence-corrected chi connectivity index (χ3v) is 4.58. The van der Waals surface area contributed by atoms with E-state index in [0.29, 0.717) is 30.5 Å². The lowest BCUT2D eigenvalue weighted by Crippen LogP contribution is -2.48. The van der Waals surface area contributed by atoms with Crippen molar-refractivity contribution in [3.05, 3.63) is 53.7 Å². The first kappa shape index (κ1) is 14.6. The van der Waals surface area contributed by atoms with Gasteiger partial charge in [-0.1, -0.05) is 5.16 Å². The van der Waals surface area contributed by atoms with Crippen molar-refractivity contribution in [1.82, 2.24) is 24.8 Å². The average Bonchev–Trinajstić information content (AvgIpc) is 3.15. The molecule has 4 rings (SSSR count). The predicted molar refractivity (Wildman–Crippen MR) is 86.3 cm³/mol. The summed E-state index contributed by atoms with van der Waals surface area (Å²) in [5, 5.41) is 8.11. The van der Waals surface area contributed by atoms with Gasteiger partial charge in [-0.15, -0.1) is 0 Å². The predicted octanol–water partition coefficient (Wildman–Crippen LogP) is 2.02. The number of aryl methyl sites for hydroxylation is 1. The fraction of sp³-hybridized carbons (Fsp3) is 0.294. The lowest BCUT2D eigenvalue weighted by Gasteiger charge is -2.39. The highest BCUT2D eigenvalue weighted by molar-refractivity contribution is 5.93. The molecule has 4 heterocycles. The number of hydrogen-bond donors (Lipinski definition) is 0. The summed E-state index contributed by atoms with van der Waals surface area (Å²) in [6.45, 7) is 3.33. The molecule has 1 amide bonds. The smallest absolute Gasteiger partial charge is 0.276 e. The van der Waals surface area contributed by atoms with Gasteiger partial charge in [0.15, 0.2) is 11.5 Å². The summed E-state index contributed by atoms with van der Waals surface area (Å²) in [6, 6.07) is 5.67. The second-order valence-electron chi connectivity index (χ2n) is 6.03. The molecule has 122 valence electrons. The van der Waals surface area contributed by atoms with Crippen LogP contribution in [0.5, 0.6) is 0 Å². The van der Waals surface area contributed by atoms with E-state index < -0.39 is 0 Å². The van der Waals surface area contributed by atoms with Crippen LogP contribution in [0.3, 0.4) is 0 Å². The Bertz CT molecular complexity index is 878. The zero-order valence-electron chi connectivity index (χ0n) is 13.5. The third kappa shape index (κ3) is 2.38. The second kappa shape index (κ2) is 5.59. The number of rotatable bonds is 3. The van der Waals surface area contributed by atoms with Crippen molar-refractivity contribution in [3.63, 3.8) is 0 Å². The molecule has 7 nitrogen and oxygen atoms in total. The Hall–Kier alpha value is -2.96. The van der Waals surface area contributed by atoms with Crippen LogP contribution in [0.4, 0.5) is 0 Å². The molecule has 1 aliphatic heterocycles. The number of pyridine rings is 1. The Kier molecular flexibility index (Phi) is 3.41. The quantitative estimate of drug-likeness (QED) is 0.737. The molecule has 24 heavy (non-hydrogen) atoms. The molecule has 1 saturated heterocycles. The fourth-order valence-corrected chi connectivity index (χ4v) is 2.90. The van der Waals surface area contributed by atoms with Gasteiger partial charge in [0.2, 0.25) is 0 Å². The van der Waals surface area contributed by atoms with Gasteiger partial charge in [-0.05, 0) is 24.6 Å². The first-order valence-electron chi connectivity index (χ1n) is 7.78. The monoisotopic (exact) mass is 323 g/mol. The third-order valence-electron chi connectivity index (χ3n) is 4.58. The zero-order chi connectivity index (χ0) is 16.7. The number of nitrogens with zero attached hydrogens (tertiary/aromatic N) is 5. The van der Waals surface area contributed by atoms with Crippen molar-refractivity contribution in [2.24, 2.45) is 7.05 Å². The van der Waals surface area contributed by atoms with Gasteiger partial charge >= 0.3 is 0 Å². The van der Waals surface area contributed by atoms with E-state index in [9.17, 15) is 4.79 Å². The van der Waals surface area contributed by atoms with Crippen LogP contribution in [-0.2, 0) is 7.05 Å². The number of carbonyl (C=O) groups excluding carboxylic acids is 1. The summed E-state index contributed by atoms with van der Waals surface area (Å²) in [7, 11) is 1.86. The molecule has 0 radical (unpaired) electrons. The minimum atomic E-state index is -0.100. The molecule has 0 bridgehead atoms. The van der Waals surface area contributed by atoms with Crippen molar-refractivity contribution in [1.29, 1.82) is 0 Å². The molecule has 0 aliphatic carbocycles. The van der Waals surface area contributed by atoms with E-state index in [-0.39, 0.29) is 5.91 Å². The van der Waals surface area contributed by atoms with E-state index in [0.717, 1.165) is 11.3 Å². The van der Waals surface area contributed by atoms with Crippen molar-refractivity contribution < 1.29 is 9.32 Å². The minimum absolute atomic E-state index is 0.100. The van der Waals surface area contributed by atoms with Crippen LogP contribution in [0.25, 0.3) is 11.3 Å². The molecular weight excluding hydrogens is 306 g/mol. The molecule has 3 aromatic heterocycles. The standard InChI is InChI=1S/C17H17N5O2/c1-11-14(8-19-21(11)2)16-7-15(20-24-16)17(23)22-9-13(10-22)12-3-5-18-6-4-12/h3-8,13H,9-10H2,1-2H3. The van der Waals surface area contributed by atoms with Crippen LogP contribution in [0.15, 0.2) is 41.3 Å². The Morgan fingerprint density at radius 2 is 2.04 bits per heavy atom. The average molecular weight is 323 g/mol. The van der Waals surface area contributed by atoms with Crippen LogP contribution in [0, 0.1) is 6.92 Å². The van der Waals surface area contributed by atoms with Crippen molar-refractivity contribution >= 4 is 5.91 Å². The van der Waals surface area contributed by atoms with Crippen LogP contribution in [-0.4, -0.2) is 43.8 Å². The van der Waals surface area contributed by atoms with E-state index in [4.69, 9.17) is 4.52 Å². The highest BCUT2D eigenvalue weighted by atomic mass is 16.5. The van der Waals surface area contributed by atoms with Gasteiger partial charge < -0.3 is 9.42 Å². The number of likely N-dealkylation sites (tertiary alicyclic amines) is 1. The van der Waals surface area contributed by atoms with E-state index in [1.165, 1.54) is 5.56 Å². The molecule has 0 spiro atoms. The Labute approximate surface area is 138 Å². The summed E-state index contributed by atoms with van der Waals surface area (Å²) in [5.41, 5.74) is 3.36. The minimum Gasteiger partial charge on any atom is -0.355 e. The van der Waals surface area contributed by atoms with Crippen LogP contribution >= 0.6 is 0 Å². The molecular formula is C17H17N5O2. The summed E-state index contributed by atoms with van der Waals surface area (Å²) >= 11 is 0. The van der Waals surface area contributed by atoms with E-state index >= 15 is 0 Å². The van der Waals surface area contributed by atoms with E-state index in [2.05, 4.69) is 15.2 Å². The molecule has 0 aromatic carbocycles. The van der Waals surface area contributed by atoms with Gasteiger partial charge in [-0.2, -0.15) is 5.10 Å². The van der Waals surface area contributed by atoms with Crippen molar-refractivity contribution in [2.45, 2.75) is 12.8 Å². The van der Waals surface area contributed by atoms with Gasteiger partial charge in [0.05, 0.1) is 11.8 Å². The van der Waals surface area contributed by atoms with Crippen molar-refractivity contribution in [3.8, 4) is 11.3 Å². The maximum absolute atomic E-state index is 12.5. The summed E-state index contributed by atoms with van der Waals surface area (Å²) in [6.07, 6.45) is 5.27. The molecule has 7 heteroatoms. The molecule has 3 aromatic rings. The summed E-state index contributed by atoms with van der Waals surface area (Å²) < 4.78 is 7.10. The summed E-state index contributed by atoms with van der Waals surface area (Å²) in [4.78, 5) is 18.3. The molecule has 0 atom stereocenters. The molecule has 0 unspecified atom stereocenters. The first-order chi connectivity index (χ1) is 11.6. The lowest BCUT2D eigenvalue weighted by molar-refractivity contribution is 0.0591. The van der Waals surface area contributed by atoms with E-state index in [1.54, 1.807) is 34.2 Å². The normalized spacial score (nSPS) is 14.7. The highest BCUT2D eigenvalue weighted by Crippen LogP contribution is 2.29. The summed E-state index contributed by atoms with van der Waals surface area (Å²) in [5.74, 6) is 0.830. The van der Waals surface area contributed by atoms with E-state index in [1.807, 2.05) is 26.1 Å². The van der Waals surface area contributed by atoms with Gasteiger partial charge in [0.25, 0.3) is 5.91 Å². The van der Waals surface area contributed by atoms with Crippen LogP contribution in [0.2, 0.25) is 0 Å². The number of amides is 1. The lowest BCUT2D eigenvalue weighted by atomic mass is 9.92. The maximum Gasteiger partial charge on any atom is 0.276 e. The molecule has 0 saturated carbocycles. The fourth-order valence-electron chi connectivity index (χ4n) is 2.90. The van der Waals surface area contributed by atoms with Crippen molar-refractivity contribution in [2.75, 3.05) is 13.1 Å². The maximum atomic E-state index is 12.5. The molecule has 1 fully saturated rings. The van der Waals surface area contributed by atoms with Crippen LogP contribution in [0.1, 0.15) is 27.7 Å². The first-order valence-corrected chi connectivity index (χ1v) is 7.78. The van der Waals surface area contributed by atoms with Gasteiger partial charge in [-0.3, -0.25) is 14.5 Å².